The largest absolute Gasteiger partial charge is 0.325 e. The van der Waals surface area contributed by atoms with Crippen molar-refractivity contribution < 1.29 is 8.42 Å². The van der Waals surface area contributed by atoms with Crippen LogP contribution in [-0.4, -0.2) is 55.8 Å². The van der Waals surface area contributed by atoms with Gasteiger partial charge in [-0.25, -0.2) is 8.42 Å². The molecule has 0 aliphatic carbocycles. The van der Waals surface area contributed by atoms with Gasteiger partial charge in [-0.3, -0.25) is 4.98 Å². The molecular formula is C13H22N4O2S. The van der Waals surface area contributed by atoms with Crippen LogP contribution in [0.1, 0.15) is 12.6 Å². The quantitative estimate of drug-likeness (QED) is 0.853. The number of hydrogen-bond acceptors (Lipinski definition) is 5. The Morgan fingerprint density at radius 2 is 2.15 bits per heavy atom. The fourth-order valence-electron chi connectivity index (χ4n) is 2.73. The maximum atomic E-state index is 12.7. The van der Waals surface area contributed by atoms with Gasteiger partial charge in [-0.15, -0.1) is 0 Å². The Bertz CT molecular complexity index is 573. The SMILES string of the molecule is CC1CN(S(=O)(=O)c2cccnc2CN)CC1N(C)C. The van der Waals surface area contributed by atoms with Crippen LogP contribution < -0.4 is 5.73 Å². The highest BCUT2D eigenvalue weighted by molar-refractivity contribution is 7.89. The summed E-state index contributed by atoms with van der Waals surface area (Å²) in [5.74, 6) is 0.303. The van der Waals surface area contributed by atoms with E-state index in [0.29, 0.717) is 24.7 Å². The fraction of sp³-hybridized carbons (Fsp3) is 0.615. The first-order valence-electron chi connectivity index (χ1n) is 6.68. The van der Waals surface area contributed by atoms with Crippen molar-refractivity contribution in [3.63, 3.8) is 0 Å². The molecule has 20 heavy (non-hydrogen) atoms. The standard InChI is InChI=1S/C13H22N4O2S/c1-10-8-17(9-12(10)16(2)3)20(18,19)13-5-4-6-15-11(13)7-14/h4-6,10,12H,7-9,14H2,1-3H3. The van der Waals surface area contributed by atoms with Gasteiger partial charge in [-0.05, 0) is 32.1 Å². The summed E-state index contributed by atoms with van der Waals surface area (Å²) in [6.45, 7) is 3.24. The first-order chi connectivity index (χ1) is 9.37. The Morgan fingerprint density at radius 1 is 1.45 bits per heavy atom. The molecule has 1 aromatic rings. The van der Waals surface area contributed by atoms with E-state index in [-0.39, 0.29) is 17.5 Å². The normalized spacial score (nSPS) is 24.4. The van der Waals surface area contributed by atoms with E-state index >= 15 is 0 Å². The summed E-state index contributed by atoms with van der Waals surface area (Å²) in [5, 5.41) is 0. The number of nitrogens with zero attached hydrogens (tertiary/aromatic N) is 3. The second-order valence-electron chi connectivity index (χ2n) is 5.48. The lowest BCUT2D eigenvalue weighted by atomic mass is 10.1. The van der Waals surface area contributed by atoms with Gasteiger partial charge in [0.25, 0.3) is 0 Å². The van der Waals surface area contributed by atoms with Crippen LogP contribution in [0.25, 0.3) is 0 Å². The first-order valence-corrected chi connectivity index (χ1v) is 8.12. The van der Waals surface area contributed by atoms with Gasteiger partial charge in [0.15, 0.2) is 0 Å². The van der Waals surface area contributed by atoms with Crippen LogP contribution in [0, 0.1) is 5.92 Å². The average Bonchev–Trinajstić information content (AvgIpc) is 2.81. The summed E-state index contributed by atoms with van der Waals surface area (Å²) >= 11 is 0. The Labute approximate surface area is 120 Å². The van der Waals surface area contributed by atoms with E-state index in [0.717, 1.165) is 0 Å². The number of aromatic nitrogens is 1. The third-order valence-corrected chi connectivity index (χ3v) is 5.77. The van der Waals surface area contributed by atoms with Gasteiger partial charge >= 0.3 is 0 Å². The minimum Gasteiger partial charge on any atom is -0.325 e. The van der Waals surface area contributed by atoms with E-state index in [1.54, 1.807) is 22.6 Å². The molecule has 1 aliphatic heterocycles. The summed E-state index contributed by atoms with van der Waals surface area (Å²) in [6.07, 6.45) is 1.57. The molecule has 6 nitrogen and oxygen atoms in total. The zero-order chi connectivity index (χ0) is 14.9. The topological polar surface area (TPSA) is 79.5 Å². The van der Waals surface area contributed by atoms with Crippen molar-refractivity contribution in [2.75, 3.05) is 27.2 Å². The Kier molecular flexibility index (Phi) is 4.43. The fourth-order valence-corrected chi connectivity index (χ4v) is 4.47. The molecule has 112 valence electrons. The van der Waals surface area contributed by atoms with Crippen molar-refractivity contribution in [3.05, 3.63) is 24.0 Å². The molecule has 0 amide bonds. The predicted octanol–water partition coefficient (Wildman–Crippen LogP) is 0.111. The minimum absolute atomic E-state index is 0.121. The number of likely N-dealkylation sites (N-methyl/N-ethyl adjacent to an activating group) is 1. The molecule has 1 saturated heterocycles. The van der Waals surface area contributed by atoms with Crippen molar-refractivity contribution in [1.29, 1.82) is 0 Å². The molecule has 2 N–H and O–H groups in total. The smallest absolute Gasteiger partial charge is 0.244 e. The number of rotatable bonds is 4. The van der Waals surface area contributed by atoms with Crippen molar-refractivity contribution in [2.45, 2.75) is 24.4 Å². The second kappa shape index (κ2) is 5.77. The van der Waals surface area contributed by atoms with Crippen LogP contribution in [0.15, 0.2) is 23.2 Å². The summed E-state index contributed by atoms with van der Waals surface area (Å²) in [5.41, 5.74) is 6.02. The van der Waals surface area contributed by atoms with E-state index in [9.17, 15) is 8.42 Å². The number of hydrogen-bond donors (Lipinski definition) is 1. The molecule has 7 heteroatoms. The van der Waals surface area contributed by atoms with Gasteiger partial charge in [0.1, 0.15) is 4.90 Å². The van der Waals surface area contributed by atoms with Gasteiger partial charge in [0, 0.05) is 31.9 Å². The van der Waals surface area contributed by atoms with E-state index < -0.39 is 10.0 Å². The molecule has 0 aromatic carbocycles. The van der Waals surface area contributed by atoms with Gasteiger partial charge in [-0.1, -0.05) is 6.92 Å². The number of pyridine rings is 1. The average molecular weight is 298 g/mol. The molecule has 2 heterocycles. The molecule has 0 radical (unpaired) electrons. The maximum absolute atomic E-state index is 12.7. The lowest BCUT2D eigenvalue weighted by molar-refractivity contribution is 0.263. The van der Waals surface area contributed by atoms with Gasteiger partial charge in [0.05, 0.1) is 5.69 Å². The Balaban J connectivity index is 2.33. The maximum Gasteiger partial charge on any atom is 0.244 e. The molecule has 1 aromatic heterocycles. The third kappa shape index (κ3) is 2.71. The van der Waals surface area contributed by atoms with Crippen LogP contribution >= 0.6 is 0 Å². The molecule has 2 unspecified atom stereocenters. The molecule has 1 fully saturated rings. The summed E-state index contributed by atoms with van der Waals surface area (Å²) in [6, 6.07) is 3.45. The zero-order valence-electron chi connectivity index (χ0n) is 12.2. The molecule has 1 aliphatic rings. The van der Waals surface area contributed by atoms with E-state index in [1.165, 1.54) is 0 Å². The first kappa shape index (κ1) is 15.4. The molecule has 0 saturated carbocycles. The second-order valence-corrected chi connectivity index (χ2v) is 7.39. The van der Waals surface area contributed by atoms with Gasteiger partial charge in [0.2, 0.25) is 10.0 Å². The number of nitrogens with two attached hydrogens (primary N) is 1. The Morgan fingerprint density at radius 3 is 2.70 bits per heavy atom. The van der Waals surface area contributed by atoms with Crippen molar-refractivity contribution >= 4 is 10.0 Å². The zero-order valence-corrected chi connectivity index (χ0v) is 13.0. The summed E-state index contributed by atoms with van der Waals surface area (Å²) < 4.78 is 27.0. The highest BCUT2D eigenvalue weighted by atomic mass is 32.2. The molecular weight excluding hydrogens is 276 g/mol. The van der Waals surface area contributed by atoms with Crippen molar-refractivity contribution in [1.82, 2.24) is 14.2 Å². The van der Waals surface area contributed by atoms with Gasteiger partial charge in [-0.2, -0.15) is 4.31 Å². The van der Waals surface area contributed by atoms with E-state index in [4.69, 9.17) is 5.73 Å². The van der Waals surface area contributed by atoms with Crippen LogP contribution in [-0.2, 0) is 16.6 Å². The lowest BCUT2D eigenvalue weighted by Crippen LogP contribution is -2.36. The van der Waals surface area contributed by atoms with E-state index in [2.05, 4.69) is 16.8 Å². The highest BCUT2D eigenvalue weighted by Crippen LogP contribution is 2.27. The summed E-state index contributed by atoms with van der Waals surface area (Å²) in [4.78, 5) is 6.37. The minimum atomic E-state index is -3.52. The van der Waals surface area contributed by atoms with Gasteiger partial charge < -0.3 is 10.6 Å². The van der Waals surface area contributed by atoms with Crippen LogP contribution in [0.5, 0.6) is 0 Å². The highest BCUT2D eigenvalue weighted by Gasteiger charge is 2.38. The predicted molar refractivity (Wildman–Crippen MR) is 77.5 cm³/mol. The van der Waals surface area contributed by atoms with Crippen LogP contribution in [0.4, 0.5) is 0 Å². The molecule has 0 bridgehead atoms. The van der Waals surface area contributed by atoms with Crippen LogP contribution in [0.2, 0.25) is 0 Å². The molecule has 2 rings (SSSR count). The lowest BCUT2D eigenvalue weighted by Gasteiger charge is -2.22. The summed E-state index contributed by atoms with van der Waals surface area (Å²) in [7, 11) is 0.441. The van der Waals surface area contributed by atoms with Crippen molar-refractivity contribution in [2.24, 2.45) is 11.7 Å². The monoisotopic (exact) mass is 298 g/mol. The molecule has 2 atom stereocenters. The van der Waals surface area contributed by atoms with Crippen LogP contribution in [0.3, 0.4) is 0 Å². The molecule has 0 spiro atoms. The van der Waals surface area contributed by atoms with Crippen molar-refractivity contribution in [3.8, 4) is 0 Å². The Hall–Kier alpha value is -1.02. The third-order valence-electron chi connectivity index (χ3n) is 3.86. The number of sulfonamides is 1. The van der Waals surface area contributed by atoms with E-state index in [1.807, 2.05) is 14.1 Å².